The molecule has 3 unspecified atom stereocenters. The number of sulfone groups is 1. The van der Waals surface area contributed by atoms with Crippen LogP contribution in [-0.4, -0.2) is 55.1 Å². The van der Waals surface area contributed by atoms with Gasteiger partial charge in [0.2, 0.25) is 11.8 Å². The van der Waals surface area contributed by atoms with E-state index < -0.39 is 21.7 Å². The zero-order valence-electron chi connectivity index (χ0n) is 18.8. The molecule has 1 aliphatic carbocycles. The Morgan fingerprint density at radius 3 is 2.56 bits per heavy atom. The summed E-state index contributed by atoms with van der Waals surface area (Å²) in [4.78, 5) is 40.8. The molecule has 32 heavy (non-hydrogen) atoms. The molecule has 2 fully saturated rings. The van der Waals surface area contributed by atoms with Crippen LogP contribution in [0.3, 0.4) is 0 Å². The van der Waals surface area contributed by atoms with Gasteiger partial charge in [-0.3, -0.25) is 25.2 Å². The second kappa shape index (κ2) is 8.44. The Bertz CT molecular complexity index is 1040. The van der Waals surface area contributed by atoms with Crippen molar-refractivity contribution in [2.45, 2.75) is 58.9 Å². The van der Waals surface area contributed by atoms with Gasteiger partial charge in [-0.1, -0.05) is 20.8 Å². The van der Waals surface area contributed by atoms with Gasteiger partial charge in [0.15, 0.2) is 9.84 Å². The highest BCUT2D eigenvalue weighted by Crippen LogP contribution is 2.40. The molecule has 2 saturated heterocycles. The van der Waals surface area contributed by atoms with Gasteiger partial charge in [-0.25, -0.2) is 8.42 Å². The maximum atomic E-state index is 12.6. The van der Waals surface area contributed by atoms with Gasteiger partial charge in [0.25, 0.3) is 5.91 Å². The molecule has 0 aromatic carbocycles. The van der Waals surface area contributed by atoms with Crippen molar-refractivity contribution in [3.05, 3.63) is 21.4 Å². The molecule has 2 N–H and O–H groups in total. The molecule has 3 amide bonds. The number of nitrogens with one attached hydrogen (secondary N) is 2. The Morgan fingerprint density at radius 2 is 1.91 bits per heavy atom. The number of aryl methyl sites for hydroxylation is 1. The number of carbonyl (C=O) groups is 3. The summed E-state index contributed by atoms with van der Waals surface area (Å²) < 4.78 is 23.4. The Kier molecular flexibility index (Phi) is 6.13. The van der Waals surface area contributed by atoms with Crippen molar-refractivity contribution < 1.29 is 22.8 Å². The first kappa shape index (κ1) is 23.2. The van der Waals surface area contributed by atoms with Crippen LogP contribution in [0.15, 0.2) is 6.07 Å². The molecule has 0 saturated carbocycles. The number of rotatable bonds is 3. The molecular formula is C22H31N3O5S2. The van der Waals surface area contributed by atoms with Gasteiger partial charge in [-0.05, 0) is 48.6 Å². The van der Waals surface area contributed by atoms with Gasteiger partial charge in [0.05, 0.1) is 22.3 Å². The summed E-state index contributed by atoms with van der Waals surface area (Å²) in [6, 6.07) is 1.58. The van der Waals surface area contributed by atoms with E-state index in [2.05, 4.69) is 31.6 Å². The lowest BCUT2D eigenvalue weighted by atomic mass is 9.72. The Balaban J connectivity index is 1.31. The smallest absolute Gasteiger partial charge is 0.279 e. The Hall–Kier alpha value is -1.94. The zero-order valence-corrected chi connectivity index (χ0v) is 20.4. The minimum Gasteiger partial charge on any atom is -0.338 e. The second-order valence-electron chi connectivity index (χ2n) is 10.3. The first-order valence-electron chi connectivity index (χ1n) is 11.1. The highest BCUT2D eigenvalue weighted by Gasteiger charge is 2.42. The van der Waals surface area contributed by atoms with Crippen molar-refractivity contribution in [1.29, 1.82) is 0 Å². The van der Waals surface area contributed by atoms with E-state index in [-0.39, 0.29) is 47.7 Å². The maximum Gasteiger partial charge on any atom is 0.279 e. The van der Waals surface area contributed by atoms with Gasteiger partial charge in [-0.15, -0.1) is 11.3 Å². The van der Waals surface area contributed by atoms with Gasteiger partial charge >= 0.3 is 0 Å². The Labute approximate surface area is 193 Å². The fourth-order valence-electron chi connectivity index (χ4n) is 4.94. The van der Waals surface area contributed by atoms with Crippen LogP contribution in [0.1, 0.15) is 60.1 Å². The molecule has 3 atom stereocenters. The van der Waals surface area contributed by atoms with Crippen LogP contribution in [0, 0.1) is 17.3 Å². The highest BCUT2D eigenvalue weighted by molar-refractivity contribution is 7.91. The van der Waals surface area contributed by atoms with Crippen LogP contribution in [-0.2, 0) is 32.3 Å². The van der Waals surface area contributed by atoms with Gasteiger partial charge in [0.1, 0.15) is 0 Å². The minimum absolute atomic E-state index is 0.0275. The molecule has 0 bridgehead atoms. The van der Waals surface area contributed by atoms with E-state index in [0.717, 1.165) is 19.3 Å². The number of fused-ring (bicyclic) bond motifs is 1. The summed E-state index contributed by atoms with van der Waals surface area (Å²) in [5, 5.41) is 0. The minimum atomic E-state index is -3.11. The molecule has 1 aromatic heterocycles. The van der Waals surface area contributed by atoms with Crippen LogP contribution in [0.25, 0.3) is 0 Å². The summed E-state index contributed by atoms with van der Waals surface area (Å²) in [6.45, 7) is 6.93. The molecular weight excluding hydrogens is 450 g/mol. The number of hydrogen-bond acceptors (Lipinski definition) is 6. The van der Waals surface area contributed by atoms with E-state index in [1.54, 1.807) is 0 Å². The maximum absolute atomic E-state index is 12.6. The third kappa shape index (κ3) is 4.85. The molecule has 0 spiro atoms. The summed E-state index contributed by atoms with van der Waals surface area (Å²) in [6.07, 6.45) is 3.49. The van der Waals surface area contributed by atoms with Crippen molar-refractivity contribution in [1.82, 2.24) is 15.8 Å². The third-order valence-corrected chi connectivity index (χ3v) is 10.00. The lowest BCUT2D eigenvalue weighted by Crippen LogP contribution is -2.45. The number of carbonyl (C=O) groups excluding carboxylic acids is 3. The quantitative estimate of drug-likeness (QED) is 0.638. The normalized spacial score (nSPS) is 27.3. The predicted molar refractivity (Wildman–Crippen MR) is 122 cm³/mol. The van der Waals surface area contributed by atoms with Crippen molar-refractivity contribution in [3.63, 3.8) is 0 Å². The van der Waals surface area contributed by atoms with Gasteiger partial charge < -0.3 is 4.90 Å². The standard InChI is InChI=1S/C22H31N3O5S2/c1-22(2,3)15-4-5-17-13(8-15)9-18(31-17)21(28)24-23-20(27)14-10-19(26)25(11-14)16-6-7-32(29,30)12-16/h9,14-16H,4-8,10-12H2,1-3H3,(H,23,27)(H,24,28). The van der Waals surface area contributed by atoms with Gasteiger partial charge in [0, 0.05) is 23.9 Å². The van der Waals surface area contributed by atoms with Crippen LogP contribution in [0.5, 0.6) is 0 Å². The average Bonchev–Trinajstić information content (AvgIpc) is 3.40. The van der Waals surface area contributed by atoms with Crippen molar-refractivity contribution >= 4 is 38.9 Å². The summed E-state index contributed by atoms with van der Waals surface area (Å²) in [5.41, 5.74) is 6.39. The monoisotopic (exact) mass is 481 g/mol. The van der Waals surface area contributed by atoms with E-state index in [0.29, 0.717) is 17.2 Å². The third-order valence-electron chi connectivity index (χ3n) is 7.01. The molecule has 3 aliphatic rings. The number of amides is 3. The summed E-state index contributed by atoms with van der Waals surface area (Å²) in [5.74, 6) is -0.971. The van der Waals surface area contributed by atoms with Crippen LogP contribution >= 0.6 is 11.3 Å². The lowest BCUT2D eigenvalue weighted by Gasteiger charge is -2.33. The fourth-order valence-corrected chi connectivity index (χ4v) is 7.77. The number of likely N-dealkylation sites (tertiary alicyclic amines) is 1. The lowest BCUT2D eigenvalue weighted by molar-refractivity contribution is -0.130. The number of hydrogen-bond donors (Lipinski definition) is 2. The van der Waals surface area contributed by atoms with Crippen molar-refractivity contribution in [2.75, 3.05) is 18.1 Å². The van der Waals surface area contributed by atoms with E-state index >= 15 is 0 Å². The molecule has 8 nitrogen and oxygen atoms in total. The molecule has 1 aromatic rings. The van der Waals surface area contributed by atoms with E-state index in [1.165, 1.54) is 26.7 Å². The molecule has 0 radical (unpaired) electrons. The molecule has 176 valence electrons. The van der Waals surface area contributed by atoms with E-state index in [9.17, 15) is 22.8 Å². The highest BCUT2D eigenvalue weighted by atomic mass is 32.2. The van der Waals surface area contributed by atoms with Crippen LogP contribution < -0.4 is 10.9 Å². The van der Waals surface area contributed by atoms with Crippen LogP contribution in [0.2, 0.25) is 0 Å². The molecule has 3 heterocycles. The van der Waals surface area contributed by atoms with Crippen molar-refractivity contribution in [3.8, 4) is 0 Å². The number of thiophene rings is 1. The first-order valence-corrected chi connectivity index (χ1v) is 13.8. The fraction of sp³-hybridized carbons (Fsp3) is 0.682. The van der Waals surface area contributed by atoms with Crippen LogP contribution in [0.4, 0.5) is 0 Å². The summed E-state index contributed by atoms with van der Waals surface area (Å²) >= 11 is 1.47. The topological polar surface area (TPSA) is 113 Å². The van der Waals surface area contributed by atoms with E-state index in [4.69, 9.17) is 0 Å². The average molecular weight is 482 g/mol. The van der Waals surface area contributed by atoms with Gasteiger partial charge in [-0.2, -0.15) is 0 Å². The molecule has 2 aliphatic heterocycles. The Morgan fingerprint density at radius 1 is 1.16 bits per heavy atom. The second-order valence-corrected chi connectivity index (χ2v) is 13.7. The zero-order chi connectivity index (χ0) is 23.3. The SMILES string of the molecule is CC(C)(C)C1CCc2sc(C(=O)NNC(=O)C3CC(=O)N(C4CCS(=O)(=O)C4)C3)cc2C1. The number of nitrogens with zero attached hydrogens (tertiary/aromatic N) is 1. The number of hydrazine groups is 1. The predicted octanol–water partition coefficient (Wildman–Crippen LogP) is 1.70. The largest absolute Gasteiger partial charge is 0.338 e. The summed E-state index contributed by atoms with van der Waals surface area (Å²) in [7, 11) is -3.11. The molecule has 10 heteroatoms. The first-order chi connectivity index (χ1) is 14.9. The molecule has 4 rings (SSSR count). The van der Waals surface area contributed by atoms with Crippen molar-refractivity contribution in [2.24, 2.45) is 17.3 Å². The van der Waals surface area contributed by atoms with E-state index in [1.807, 2.05) is 6.07 Å².